The van der Waals surface area contributed by atoms with Crippen molar-refractivity contribution in [3.05, 3.63) is 24.2 Å². The number of hydrogen-bond donors (Lipinski definition) is 0. The molecule has 0 aliphatic carbocycles. The van der Waals surface area contributed by atoms with Gasteiger partial charge in [0, 0.05) is 13.1 Å². The first-order chi connectivity index (χ1) is 6.16. The standard InChI is InChI=1S/C10H14FNO/c1-10(11)4-5-12(8-10)7-9-3-2-6-13-9/h2-3,6H,4-5,7-8H2,1H3. The van der Waals surface area contributed by atoms with E-state index in [2.05, 4.69) is 4.90 Å². The molecule has 1 unspecified atom stereocenters. The van der Waals surface area contributed by atoms with Gasteiger partial charge in [-0.05, 0) is 25.5 Å². The molecule has 0 spiro atoms. The normalized spacial score (nSPS) is 29.7. The van der Waals surface area contributed by atoms with Crippen molar-refractivity contribution in [3.63, 3.8) is 0 Å². The van der Waals surface area contributed by atoms with Crippen molar-refractivity contribution in [2.24, 2.45) is 0 Å². The topological polar surface area (TPSA) is 16.4 Å². The van der Waals surface area contributed by atoms with Crippen molar-refractivity contribution in [1.82, 2.24) is 4.90 Å². The van der Waals surface area contributed by atoms with Gasteiger partial charge in [0.2, 0.25) is 0 Å². The van der Waals surface area contributed by atoms with Gasteiger partial charge in [0.25, 0.3) is 0 Å². The Labute approximate surface area is 77.3 Å². The van der Waals surface area contributed by atoms with E-state index in [9.17, 15) is 4.39 Å². The van der Waals surface area contributed by atoms with E-state index in [1.54, 1.807) is 13.2 Å². The first kappa shape index (κ1) is 8.75. The summed E-state index contributed by atoms with van der Waals surface area (Å²) in [6, 6.07) is 3.79. The molecule has 0 aromatic carbocycles. The SMILES string of the molecule is CC1(F)CCN(Cc2ccco2)C1. The summed E-state index contributed by atoms with van der Waals surface area (Å²) in [5.74, 6) is 0.915. The third-order valence-electron chi connectivity index (χ3n) is 2.46. The third kappa shape index (κ3) is 2.10. The van der Waals surface area contributed by atoms with Gasteiger partial charge < -0.3 is 4.42 Å². The first-order valence-electron chi connectivity index (χ1n) is 4.59. The summed E-state index contributed by atoms with van der Waals surface area (Å²) < 4.78 is 18.6. The van der Waals surface area contributed by atoms with Gasteiger partial charge in [0.1, 0.15) is 11.4 Å². The van der Waals surface area contributed by atoms with E-state index < -0.39 is 5.67 Å². The maximum Gasteiger partial charge on any atom is 0.122 e. The van der Waals surface area contributed by atoms with Gasteiger partial charge in [-0.3, -0.25) is 4.90 Å². The van der Waals surface area contributed by atoms with Crippen LogP contribution in [0.25, 0.3) is 0 Å². The Hall–Kier alpha value is -0.830. The predicted octanol–water partition coefficient (Wildman–Crippen LogP) is 2.21. The Kier molecular flexibility index (Phi) is 2.12. The van der Waals surface area contributed by atoms with E-state index in [4.69, 9.17) is 4.42 Å². The second kappa shape index (κ2) is 3.14. The fourth-order valence-electron chi connectivity index (χ4n) is 1.77. The lowest BCUT2D eigenvalue weighted by molar-refractivity contribution is 0.182. The molecule has 2 rings (SSSR count). The van der Waals surface area contributed by atoms with E-state index in [0.29, 0.717) is 13.0 Å². The highest BCUT2D eigenvalue weighted by Gasteiger charge is 2.33. The maximum atomic E-state index is 13.4. The summed E-state index contributed by atoms with van der Waals surface area (Å²) >= 11 is 0. The molecule has 0 bridgehead atoms. The van der Waals surface area contributed by atoms with Crippen LogP contribution in [0, 0.1) is 0 Å². The molecule has 0 amide bonds. The quantitative estimate of drug-likeness (QED) is 0.699. The van der Waals surface area contributed by atoms with Crippen LogP contribution in [0.1, 0.15) is 19.1 Å². The van der Waals surface area contributed by atoms with Crippen molar-refractivity contribution < 1.29 is 8.81 Å². The van der Waals surface area contributed by atoms with Gasteiger partial charge in [-0.1, -0.05) is 0 Å². The second-order valence-corrected chi connectivity index (χ2v) is 3.95. The predicted molar refractivity (Wildman–Crippen MR) is 48.1 cm³/mol. The lowest BCUT2D eigenvalue weighted by Crippen LogP contribution is -2.25. The van der Waals surface area contributed by atoms with E-state index in [0.717, 1.165) is 18.8 Å². The molecule has 1 atom stereocenters. The lowest BCUT2D eigenvalue weighted by Gasteiger charge is -2.15. The van der Waals surface area contributed by atoms with Crippen molar-refractivity contribution in [1.29, 1.82) is 0 Å². The molecule has 1 saturated heterocycles. The summed E-state index contributed by atoms with van der Waals surface area (Å²) in [7, 11) is 0. The highest BCUT2D eigenvalue weighted by Crippen LogP contribution is 2.25. The second-order valence-electron chi connectivity index (χ2n) is 3.95. The molecule has 13 heavy (non-hydrogen) atoms. The Bertz CT molecular complexity index is 268. The number of rotatable bonds is 2. The summed E-state index contributed by atoms with van der Waals surface area (Å²) in [5, 5.41) is 0. The number of alkyl halides is 1. The lowest BCUT2D eigenvalue weighted by atomic mass is 10.1. The smallest absolute Gasteiger partial charge is 0.122 e. The van der Waals surface area contributed by atoms with Crippen LogP contribution >= 0.6 is 0 Å². The van der Waals surface area contributed by atoms with Gasteiger partial charge in [0.05, 0.1) is 12.8 Å². The average molecular weight is 183 g/mol. The molecular formula is C10H14FNO. The monoisotopic (exact) mass is 183 g/mol. The Morgan fingerprint density at radius 1 is 1.69 bits per heavy atom. The van der Waals surface area contributed by atoms with Gasteiger partial charge in [-0.2, -0.15) is 0 Å². The Morgan fingerprint density at radius 3 is 3.08 bits per heavy atom. The zero-order valence-corrected chi connectivity index (χ0v) is 7.79. The summed E-state index contributed by atoms with van der Waals surface area (Å²) in [5.41, 5.74) is -1.01. The Morgan fingerprint density at radius 2 is 2.54 bits per heavy atom. The van der Waals surface area contributed by atoms with E-state index in [1.165, 1.54) is 0 Å². The molecule has 1 aliphatic heterocycles. The van der Waals surface area contributed by atoms with E-state index in [1.807, 2.05) is 12.1 Å². The summed E-state index contributed by atoms with van der Waals surface area (Å²) in [6.45, 7) is 3.74. The number of furan rings is 1. The van der Waals surface area contributed by atoms with Crippen LogP contribution < -0.4 is 0 Å². The van der Waals surface area contributed by atoms with Crippen LogP contribution in [-0.4, -0.2) is 23.7 Å². The summed E-state index contributed by atoms with van der Waals surface area (Å²) in [4.78, 5) is 2.08. The molecule has 0 saturated carbocycles. The highest BCUT2D eigenvalue weighted by molar-refractivity contribution is 4.99. The van der Waals surface area contributed by atoms with Crippen LogP contribution in [-0.2, 0) is 6.54 Å². The van der Waals surface area contributed by atoms with Gasteiger partial charge in [-0.25, -0.2) is 4.39 Å². The molecule has 3 heteroatoms. The minimum atomic E-state index is -1.01. The number of halogens is 1. The maximum absolute atomic E-state index is 13.4. The first-order valence-corrected chi connectivity index (χ1v) is 4.59. The molecule has 0 N–H and O–H groups in total. The molecule has 1 aromatic heterocycles. The van der Waals surface area contributed by atoms with E-state index in [-0.39, 0.29) is 0 Å². The van der Waals surface area contributed by atoms with Gasteiger partial charge in [-0.15, -0.1) is 0 Å². The molecular weight excluding hydrogens is 169 g/mol. The minimum absolute atomic E-state index is 0.522. The zero-order chi connectivity index (χ0) is 9.31. The molecule has 72 valence electrons. The Balaban J connectivity index is 1.91. The molecule has 1 aromatic rings. The fourth-order valence-corrected chi connectivity index (χ4v) is 1.77. The molecule has 1 fully saturated rings. The number of hydrogen-bond acceptors (Lipinski definition) is 2. The van der Waals surface area contributed by atoms with Crippen molar-refractivity contribution in [2.45, 2.75) is 25.6 Å². The van der Waals surface area contributed by atoms with Crippen LogP contribution in [0.5, 0.6) is 0 Å². The molecule has 2 nitrogen and oxygen atoms in total. The van der Waals surface area contributed by atoms with Gasteiger partial charge >= 0.3 is 0 Å². The fraction of sp³-hybridized carbons (Fsp3) is 0.600. The zero-order valence-electron chi connectivity index (χ0n) is 7.79. The van der Waals surface area contributed by atoms with Crippen LogP contribution in [0.4, 0.5) is 4.39 Å². The van der Waals surface area contributed by atoms with Crippen molar-refractivity contribution in [3.8, 4) is 0 Å². The summed E-state index contributed by atoms with van der Waals surface area (Å²) in [6.07, 6.45) is 2.29. The van der Waals surface area contributed by atoms with Crippen molar-refractivity contribution >= 4 is 0 Å². The van der Waals surface area contributed by atoms with E-state index >= 15 is 0 Å². The van der Waals surface area contributed by atoms with Crippen molar-refractivity contribution in [2.75, 3.05) is 13.1 Å². The largest absolute Gasteiger partial charge is 0.468 e. The molecule has 0 radical (unpaired) electrons. The minimum Gasteiger partial charge on any atom is -0.468 e. The average Bonchev–Trinajstić information content (AvgIpc) is 2.61. The van der Waals surface area contributed by atoms with Crippen LogP contribution in [0.3, 0.4) is 0 Å². The third-order valence-corrected chi connectivity index (χ3v) is 2.46. The number of likely N-dealkylation sites (tertiary alicyclic amines) is 1. The molecule has 1 aliphatic rings. The van der Waals surface area contributed by atoms with Crippen LogP contribution in [0.15, 0.2) is 22.8 Å². The highest BCUT2D eigenvalue weighted by atomic mass is 19.1. The van der Waals surface area contributed by atoms with Gasteiger partial charge in [0.15, 0.2) is 0 Å². The number of nitrogens with zero attached hydrogens (tertiary/aromatic N) is 1. The molecule has 2 heterocycles. The van der Waals surface area contributed by atoms with Crippen LogP contribution in [0.2, 0.25) is 0 Å².